The molecule has 0 amide bonds. The lowest BCUT2D eigenvalue weighted by Crippen LogP contribution is -2.06. The maximum atomic E-state index is 13.2. The fraction of sp³-hybridized carbons (Fsp3) is 0.455. The van der Waals surface area contributed by atoms with Gasteiger partial charge in [0.2, 0.25) is 0 Å². The van der Waals surface area contributed by atoms with Crippen molar-refractivity contribution in [3.63, 3.8) is 0 Å². The Labute approximate surface area is 94.2 Å². The Hall–Kier alpha value is -0.800. The topological polar surface area (TPSA) is 35.2 Å². The molecule has 15 heavy (non-hydrogen) atoms. The van der Waals surface area contributed by atoms with E-state index in [0.717, 1.165) is 12.0 Å². The molecule has 0 radical (unpaired) electrons. The number of halogens is 2. The van der Waals surface area contributed by atoms with Crippen LogP contribution in [0.4, 0.5) is 4.39 Å². The Bertz CT molecular complexity index is 344. The second-order valence-electron chi connectivity index (χ2n) is 3.49. The molecule has 84 valence electrons. The number of benzene rings is 1. The Morgan fingerprint density at radius 2 is 2.20 bits per heavy atom. The maximum absolute atomic E-state index is 13.2. The molecule has 1 aromatic rings. The minimum absolute atomic E-state index is 0.120. The van der Waals surface area contributed by atoms with Crippen molar-refractivity contribution in [2.75, 3.05) is 13.7 Å². The van der Waals surface area contributed by atoms with Gasteiger partial charge < -0.3 is 10.5 Å². The first-order chi connectivity index (χ1) is 7.10. The molecule has 0 aromatic heterocycles. The van der Waals surface area contributed by atoms with E-state index in [-0.39, 0.29) is 10.9 Å². The Morgan fingerprint density at radius 1 is 1.53 bits per heavy atom. The highest BCUT2D eigenvalue weighted by atomic mass is 35.5. The smallest absolute Gasteiger partial charge is 0.145 e. The van der Waals surface area contributed by atoms with Crippen LogP contribution in [0.3, 0.4) is 0 Å². The summed E-state index contributed by atoms with van der Waals surface area (Å²) < 4.78 is 18.3. The molecule has 0 aliphatic rings. The van der Waals surface area contributed by atoms with E-state index < -0.39 is 5.82 Å². The fourth-order valence-corrected chi connectivity index (χ4v) is 1.68. The number of hydrogen-bond acceptors (Lipinski definition) is 2. The average molecular weight is 232 g/mol. The summed E-state index contributed by atoms with van der Waals surface area (Å²) >= 11 is 5.73. The van der Waals surface area contributed by atoms with Gasteiger partial charge in [-0.1, -0.05) is 18.5 Å². The van der Waals surface area contributed by atoms with Crippen LogP contribution in [0.2, 0.25) is 5.02 Å². The SMILES string of the molecule is COc1cc(F)c(Cl)cc1[C@H](C)CCN. The largest absolute Gasteiger partial charge is 0.496 e. The first-order valence-corrected chi connectivity index (χ1v) is 5.21. The monoisotopic (exact) mass is 231 g/mol. The molecule has 1 aromatic carbocycles. The van der Waals surface area contributed by atoms with Gasteiger partial charge in [0.05, 0.1) is 12.1 Å². The van der Waals surface area contributed by atoms with Crippen molar-refractivity contribution in [1.82, 2.24) is 0 Å². The van der Waals surface area contributed by atoms with Crippen molar-refractivity contribution in [2.24, 2.45) is 5.73 Å². The molecule has 0 spiro atoms. The number of nitrogens with two attached hydrogens (primary N) is 1. The molecule has 0 bridgehead atoms. The zero-order chi connectivity index (χ0) is 11.4. The van der Waals surface area contributed by atoms with Crippen LogP contribution < -0.4 is 10.5 Å². The van der Waals surface area contributed by atoms with Crippen molar-refractivity contribution in [2.45, 2.75) is 19.3 Å². The average Bonchev–Trinajstić information content (AvgIpc) is 2.21. The predicted molar refractivity (Wildman–Crippen MR) is 60.0 cm³/mol. The minimum atomic E-state index is -0.461. The summed E-state index contributed by atoms with van der Waals surface area (Å²) in [7, 11) is 1.52. The normalized spacial score (nSPS) is 12.6. The van der Waals surface area contributed by atoms with Gasteiger partial charge >= 0.3 is 0 Å². The molecular weight excluding hydrogens is 217 g/mol. The van der Waals surface area contributed by atoms with Gasteiger partial charge in [0.15, 0.2) is 0 Å². The molecule has 0 aliphatic carbocycles. The highest BCUT2D eigenvalue weighted by Gasteiger charge is 2.14. The number of methoxy groups -OCH3 is 1. The molecule has 2 nitrogen and oxygen atoms in total. The van der Waals surface area contributed by atoms with Crippen LogP contribution in [0.15, 0.2) is 12.1 Å². The van der Waals surface area contributed by atoms with Gasteiger partial charge in [-0.3, -0.25) is 0 Å². The number of rotatable bonds is 4. The van der Waals surface area contributed by atoms with Crippen LogP contribution in [0.1, 0.15) is 24.8 Å². The van der Waals surface area contributed by atoms with Crippen LogP contribution in [-0.2, 0) is 0 Å². The Balaban J connectivity index is 3.09. The van der Waals surface area contributed by atoms with E-state index in [0.29, 0.717) is 12.3 Å². The van der Waals surface area contributed by atoms with Crippen LogP contribution in [0.5, 0.6) is 5.75 Å². The third-order valence-corrected chi connectivity index (χ3v) is 2.69. The molecule has 0 heterocycles. The lowest BCUT2D eigenvalue weighted by molar-refractivity contribution is 0.402. The first kappa shape index (κ1) is 12.3. The first-order valence-electron chi connectivity index (χ1n) is 4.83. The van der Waals surface area contributed by atoms with E-state index in [1.165, 1.54) is 13.2 Å². The summed E-state index contributed by atoms with van der Waals surface area (Å²) in [5.41, 5.74) is 6.38. The molecule has 0 fully saturated rings. The molecular formula is C11H15ClFNO. The van der Waals surface area contributed by atoms with Crippen LogP contribution in [0.25, 0.3) is 0 Å². The lowest BCUT2D eigenvalue weighted by Gasteiger charge is -2.15. The zero-order valence-corrected chi connectivity index (χ0v) is 9.64. The van der Waals surface area contributed by atoms with E-state index in [4.69, 9.17) is 22.1 Å². The van der Waals surface area contributed by atoms with Gasteiger partial charge in [0.1, 0.15) is 11.6 Å². The third kappa shape index (κ3) is 2.83. The van der Waals surface area contributed by atoms with Crippen molar-refractivity contribution in [3.8, 4) is 5.75 Å². The predicted octanol–water partition coefficient (Wildman–Crippen LogP) is 2.94. The lowest BCUT2D eigenvalue weighted by atomic mass is 9.97. The van der Waals surface area contributed by atoms with Crippen LogP contribution >= 0.6 is 11.6 Å². The molecule has 1 atom stereocenters. The summed E-state index contributed by atoms with van der Waals surface area (Å²) in [6, 6.07) is 2.92. The second-order valence-corrected chi connectivity index (χ2v) is 3.89. The number of hydrogen-bond donors (Lipinski definition) is 1. The van der Waals surface area contributed by atoms with Crippen molar-refractivity contribution < 1.29 is 9.13 Å². The minimum Gasteiger partial charge on any atom is -0.496 e. The maximum Gasteiger partial charge on any atom is 0.145 e. The van der Waals surface area contributed by atoms with Crippen molar-refractivity contribution in [1.29, 1.82) is 0 Å². The Kier molecular flexibility index (Phi) is 4.36. The fourth-order valence-electron chi connectivity index (χ4n) is 1.51. The molecule has 4 heteroatoms. The Morgan fingerprint density at radius 3 is 2.73 bits per heavy atom. The van der Waals surface area contributed by atoms with Gasteiger partial charge in [0, 0.05) is 6.07 Å². The van der Waals surface area contributed by atoms with Crippen molar-refractivity contribution >= 4 is 11.6 Å². The van der Waals surface area contributed by atoms with Gasteiger partial charge in [-0.15, -0.1) is 0 Å². The summed E-state index contributed by atoms with van der Waals surface area (Å²) in [6.45, 7) is 2.60. The van der Waals surface area contributed by atoms with E-state index in [1.807, 2.05) is 6.92 Å². The zero-order valence-electron chi connectivity index (χ0n) is 8.89. The molecule has 2 N–H and O–H groups in total. The van der Waals surface area contributed by atoms with Gasteiger partial charge in [-0.25, -0.2) is 4.39 Å². The van der Waals surface area contributed by atoms with Gasteiger partial charge in [0.25, 0.3) is 0 Å². The quantitative estimate of drug-likeness (QED) is 0.865. The summed E-state index contributed by atoms with van der Waals surface area (Å²) in [4.78, 5) is 0. The van der Waals surface area contributed by atoms with Gasteiger partial charge in [-0.2, -0.15) is 0 Å². The van der Waals surface area contributed by atoms with Crippen LogP contribution in [0, 0.1) is 5.82 Å². The van der Waals surface area contributed by atoms with E-state index >= 15 is 0 Å². The summed E-state index contributed by atoms with van der Waals surface area (Å²) in [6.07, 6.45) is 0.818. The van der Waals surface area contributed by atoms with E-state index in [2.05, 4.69) is 0 Å². The molecule has 0 aliphatic heterocycles. The highest BCUT2D eigenvalue weighted by molar-refractivity contribution is 6.30. The summed E-state index contributed by atoms with van der Waals surface area (Å²) in [5, 5.41) is 0.120. The van der Waals surface area contributed by atoms with E-state index in [1.54, 1.807) is 6.07 Å². The van der Waals surface area contributed by atoms with Gasteiger partial charge in [-0.05, 0) is 30.5 Å². The highest BCUT2D eigenvalue weighted by Crippen LogP contribution is 2.32. The van der Waals surface area contributed by atoms with Crippen molar-refractivity contribution in [3.05, 3.63) is 28.5 Å². The molecule has 0 saturated carbocycles. The summed E-state index contributed by atoms with van der Waals surface area (Å²) in [5.74, 6) is 0.276. The third-order valence-electron chi connectivity index (χ3n) is 2.40. The van der Waals surface area contributed by atoms with E-state index in [9.17, 15) is 4.39 Å². The van der Waals surface area contributed by atoms with Crippen LogP contribution in [-0.4, -0.2) is 13.7 Å². The molecule has 0 unspecified atom stereocenters. The second kappa shape index (κ2) is 5.33. The molecule has 1 rings (SSSR count). The standard InChI is InChI=1S/C11H15ClFNO/c1-7(3-4-14)8-5-9(12)10(13)6-11(8)15-2/h5-7H,3-4,14H2,1-2H3/t7-/m1/s1. The number of ether oxygens (including phenoxy) is 1. The molecule has 0 saturated heterocycles.